The van der Waals surface area contributed by atoms with Crippen molar-refractivity contribution in [1.29, 1.82) is 0 Å². The van der Waals surface area contributed by atoms with Crippen LogP contribution in [0.5, 0.6) is 0 Å². The highest BCUT2D eigenvalue weighted by Crippen LogP contribution is 2.36. The summed E-state index contributed by atoms with van der Waals surface area (Å²) < 4.78 is 0. The molecule has 94 valence electrons. The van der Waals surface area contributed by atoms with E-state index >= 15 is 0 Å². The van der Waals surface area contributed by atoms with Gasteiger partial charge in [-0.3, -0.25) is 9.69 Å². The van der Waals surface area contributed by atoms with E-state index in [1.807, 2.05) is 18.2 Å². The van der Waals surface area contributed by atoms with Crippen molar-refractivity contribution >= 4 is 5.78 Å². The highest BCUT2D eigenvalue weighted by molar-refractivity contribution is 6.02. The van der Waals surface area contributed by atoms with Gasteiger partial charge in [-0.25, -0.2) is 0 Å². The fourth-order valence-corrected chi connectivity index (χ4v) is 3.48. The van der Waals surface area contributed by atoms with E-state index in [-0.39, 0.29) is 5.92 Å². The number of likely N-dealkylation sites (tertiary alicyclic amines) is 1. The largest absolute Gasteiger partial charge is 0.314 e. The summed E-state index contributed by atoms with van der Waals surface area (Å²) >= 11 is 0. The van der Waals surface area contributed by atoms with Crippen molar-refractivity contribution in [2.24, 2.45) is 11.8 Å². The van der Waals surface area contributed by atoms with E-state index < -0.39 is 0 Å². The van der Waals surface area contributed by atoms with Gasteiger partial charge in [-0.1, -0.05) is 24.3 Å². The minimum absolute atomic E-state index is 0.256. The fraction of sp³-hybridized carbons (Fsp3) is 0.533. The Morgan fingerprint density at radius 2 is 1.94 bits per heavy atom. The van der Waals surface area contributed by atoms with Crippen LogP contribution in [0.25, 0.3) is 0 Å². The predicted octanol–water partition coefficient (Wildman–Crippen LogP) is 0.945. The Hall–Kier alpha value is -1.19. The number of carbonyl (C=O) groups excluding carboxylic acids is 1. The first-order valence-electron chi connectivity index (χ1n) is 6.90. The summed E-state index contributed by atoms with van der Waals surface area (Å²) in [6.07, 6.45) is 0.969. The first-order chi connectivity index (χ1) is 8.83. The average Bonchev–Trinajstić information content (AvgIpc) is 2.59. The molecule has 4 rings (SSSR count). The number of ketones is 1. The molecule has 1 aliphatic carbocycles. The lowest BCUT2D eigenvalue weighted by Gasteiger charge is -2.49. The molecule has 1 unspecified atom stereocenters. The molecule has 1 N–H and O–H groups in total. The third-order valence-electron chi connectivity index (χ3n) is 4.84. The second-order valence-corrected chi connectivity index (χ2v) is 5.86. The molecule has 2 saturated heterocycles. The summed E-state index contributed by atoms with van der Waals surface area (Å²) in [6.45, 7) is 4.50. The van der Waals surface area contributed by atoms with Crippen molar-refractivity contribution in [3.63, 3.8) is 0 Å². The van der Waals surface area contributed by atoms with Gasteiger partial charge in [0, 0.05) is 43.7 Å². The highest BCUT2D eigenvalue weighted by Gasteiger charge is 2.44. The molecule has 2 fully saturated rings. The van der Waals surface area contributed by atoms with Crippen LogP contribution in [0.4, 0.5) is 0 Å². The summed E-state index contributed by atoms with van der Waals surface area (Å²) in [5.74, 6) is 1.24. The number of nitrogens with one attached hydrogen (secondary N) is 1. The third kappa shape index (κ3) is 1.47. The van der Waals surface area contributed by atoms with Gasteiger partial charge in [0.1, 0.15) is 0 Å². The molecule has 3 nitrogen and oxygen atoms in total. The van der Waals surface area contributed by atoms with Crippen molar-refractivity contribution in [3.05, 3.63) is 35.4 Å². The maximum Gasteiger partial charge on any atom is 0.166 e. The van der Waals surface area contributed by atoms with Gasteiger partial charge in [-0.2, -0.15) is 0 Å². The molecule has 1 atom stereocenters. The van der Waals surface area contributed by atoms with Gasteiger partial charge < -0.3 is 5.32 Å². The van der Waals surface area contributed by atoms with Crippen molar-refractivity contribution in [2.75, 3.05) is 26.2 Å². The van der Waals surface area contributed by atoms with Crippen LogP contribution in [-0.2, 0) is 6.42 Å². The van der Waals surface area contributed by atoms with Crippen LogP contribution in [0, 0.1) is 11.8 Å². The number of fused-ring (bicyclic) bond motifs is 1. The van der Waals surface area contributed by atoms with E-state index in [9.17, 15) is 4.79 Å². The van der Waals surface area contributed by atoms with Crippen LogP contribution in [0.3, 0.4) is 0 Å². The van der Waals surface area contributed by atoms with E-state index in [4.69, 9.17) is 0 Å². The Morgan fingerprint density at radius 3 is 2.61 bits per heavy atom. The monoisotopic (exact) mass is 242 g/mol. The van der Waals surface area contributed by atoms with E-state index in [1.54, 1.807) is 0 Å². The SMILES string of the molecule is O=C1c2ccccc2CC1C1CN(C2CNC2)C1. The lowest BCUT2D eigenvalue weighted by atomic mass is 9.81. The molecule has 1 aromatic rings. The quantitative estimate of drug-likeness (QED) is 0.838. The number of carbonyl (C=O) groups is 1. The molecule has 18 heavy (non-hydrogen) atoms. The Labute approximate surface area is 107 Å². The molecule has 0 aromatic heterocycles. The first-order valence-corrected chi connectivity index (χ1v) is 6.90. The minimum atomic E-state index is 0.256. The number of Topliss-reactive ketones (excluding diaryl/α,β-unsaturated/α-hetero) is 1. The van der Waals surface area contributed by atoms with Gasteiger partial charge in [0.25, 0.3) is 0 Å². The summed E-state index contributed by atoms with van der Waals surface area (Å²) in [5.41, 5.74) is 2.24. The van der Waals surface area contributed by atoms with Crippen LogP contribution in [-0.4, -0.2) is 42.9 Å². The Kier molecular flexibility index (Phi) is 2.32. The zero-order valence-corrected chi connectivity index (χ0v) is 10.4. The van der Waals surface area contributed by atoms with Gasteiger partial charge in [0.2, 0.25) is 0 Å². The molecule has 0 amide bonds. The minimum Gasteiger partial charge on any atom is -0.314 e. The second kappa shape index (κ2) is 3.90. The normalized spacial score (nSPS) is 28.9. The smallest absolute Gasteiger partial charge is 0.166 e. The molecule has 0 spiro atoms. The van der Waals surface area contributed by atoms with Crippen molar-refractivity contribution in [3.8, 4) is 0 Å². The van der Waals surface area contributed by atoms with Crippen LogP contribution < -0.4 is 5.32 Å². The van der Waals surface area contributed by atoms with E-state index in [0.717, 1.165) is 44.2 Å². The summed E-state index contributed by atoms with van der Waals surface area (Å²) in [7, 11) is 0. The fourth-order valence-electron chi connectivity index (χ4n) is 3.48. The summed E-state index contributed by atoms with van der Waals surface area (Å²) in [6, 6.07) is 8.86. The number of hydrogen-bond acceptors (Lipinski definition) is 3. The van der Waals surface area contributed by atoms with Gasteiger partial charge in [0.15, 0.2) is 5.78 Å². The lowest BCUT2D eigenvalue weighted by molar-refractivity contribution is 0.00492. The molecule has 2 heterocycles. The Balaban J connectivity index is 1.45. The van der Waals surface area contributed by atoms with E-state index in [0.29, 0.717) is 11.7 Å². The lowest BCUT2D eigenvalue weighted by Crippen LogP contribution is -2.65. The second-order valence-electron chi connectivity index (χ2n) is 5.86. The van der Waals surface area contributed by atoms with Gasteiger partial charge in [-0.15, -0.1) is 0 Å². The van der Waals surface area contributed by atoms with Crippen LogP contribution in [0.1, 0.15) is 15.9 Å². The third-order valence-corrected chi connectivity index (χ3v) is 4.84. The summed E-state index contributed by atoms with van der Waals surface area (Å²) in [4.78, 5) is 14.9. The molecule has 2 aliphatic heterocycles. The van der Waals surface area contributed by atoms with Crippen molar-refractivity contribution < 1.29 is 4.79 Å². The zero-order valence-electron chi connectivity index (χ0n) is 10.4. The average molecular weight is 242 g/mol. The molecule has 3 heteroatoms. The van der Waals surface area contributed by atoms with E-state index in [2.05, 4.69) is 16.3 Å². The number of nitrogens with zero attached hydrogens (tertiary/aromatic N) is 1. The number of rotatable bonds is 2. The standard InChI is InChI=1S/C15H18N2O/c18-15-13-4-2-1-3-10(13)5-14(15)11-8-17(9-11)12-6-16-7-12/h1-4,11-12,14,16H,5-9H2. The number of hydrogen-bond donors (Lipinski definition) is 1. The molecular weight excluding hydrogens is 224 g/mol. The van der Waals surface area contributed by atoms with Crippen molar-refractivity contribution in [1.82, 2.24) is 10.2 Å². The van der Waals surface area contributed by atoms with Gasteiger partial charge >= 0.3 is 0 Å². The van der Waals surface area contributed by atoms with E-state index in [1.165, 1.54) is 5.56 Å². The van der Waals surface area contributed by atoms with Crippen LogP contribution in [0.2, 0.25) is 0 Å². The molecule has 1 aromatic carbocycles. The maximum atomic E-state index is 12.4. The highest BCUT2D eigenvalue weighted by atomic mass is 16.1. The first kappa shape index (κ1) is 10.7. The van der Waals surface area contributed by atoms with Crippen molar-refractivity contribution in [2.45, 2.75) is 12.5 Å². The molecule has 3 aliphatic rings. The van der Waals surface area contributed by atoms with Gasteiger partial charge in [-0.05, 0) is 17.9 Å². The zero-order chi connectivity index (χ0) is 12.1. The summed E-state index contributed by atoms with van der Waals surface area (Å²) in [5, 5.41) is 3.31. The molecular formula is C15H18N2O. The molecule has 0 radical (unpaired) electrons. The van der Waals surface area contributed by atoms with Crippen LogP contribution in [0.15, 0.2) is 24.3 Å². The predicted molar refractivity (Wildman–Crippen MR) is 69.7 cm³/mol. The van der Waals surface area contributed by atoms with Crippen LogP contribution >= 0.6 is 0 Å². The topological polar surface area (TPSA) is 32.3 Å². The maximum absolute atomic E-state index is 12.4. The van der Waals surface area contributed by atoms with Gasteiger partial charge in [0.05, 0.1) is 0 Å². The molecule has 0 bridgehead atoms. The number of benzene rings is 1. The molecule has 0 saturated carbocycles. The Morgan fingerprint density at radius 1 is 1.17 bits per heavy atom. The Bertz CT molecular complexity index is 489.